The molecule has 0 rings (SSSR count). The third kappa shape index (κ3) is 4.29. The fourth-order valence-corrected chi connectivity index (χ4v) is 0.772. The minimum absolute atomic E-state index is 0.366. The first-order valence-corrected chi connectivity index (χ1v) is 3.75. The van der Waals surface area contributed by atoms with Crippen molar-refractivity contribution in [2.75, 3.05) is 5.33 Å². The van der Waals surface area contributed by atoms with Gasteiger partial charge in [0.05, 0.1) is 0 Å². The second kappa shape index (κ2) is 4.60. The Balaban J connectivity index is 2.83. The van der Waals surface area contributed by atoms with Crippen LogP contribution in [0.1, 0.15) is 19.8 Å². The number of rotatable bonds is 3. The molecular weight excluding hydrogens is 154 g/mol. The van der Waals surface area contributed by atoms with Crippen LogP contribution in [0.5, 0.6) is 0 Å². The van der Waals surface area contributed by atoms with Gasteiger partial charge in [-0.25, -0.2) is 0 Å². The maximum Gasteiger partial charge on any atom is 0.0183 e. The van der Waals surface area contributed by atoms with E-state index in [1.54, 1.807) is 0 Å². The van der Waals surface area contributed by atoms with Gasteiger partial charge in [-0.1, -0.05) is 29.3 Å². The summed E-state index contributed by atoms with van der Waals surface area (Å²) >= 11 is 3.29. The predicted octanol–water partition coefficient (Wildman–Crippen LogP) is 1.51. The zero-order valence-electron chi connectivity index (χ0n) is 4.65. The highest BCUT2D eigenvalue weighted by molar-refractivity contribution is 9.09. The van der Waals surface area contributed by atoms with Gasteiger partial charge in [0.1, 0.15) is 0 Å². The maximum atomic E-state index is 5.54. The lowest BCUT2D eigenvalue weighted by atomic mass is 10.2. The lowest BCUT2D eigenvalue weighted by Crippen LogP contribution is -2.20. The summed E-state index contributed by atoms with van der Waals surface area (Å²) in [4.78, 5) is 0. The molecule has 0 aliphatic heterocycles. The fraction of sp³-hybridized carbons (Fsp3) is 1.00. The van der Waals surface area contributed by atoms with Crippen LogP contribution < -0.4 is 5.73 Å². The Morgan fingerprint density at radius 1 is 1.71 bits per heavy atom. The van der Waals surface area contributed by atoms with Crippen molar-refractivity contribution < 1.29 is 0 Å². The number of alkyl halides is 1. The standard InChI is InChI=1S/C5H12BrN/c1-2-3-5(7)4-6/h5H,2-4,7H2,1H3. The zero-order chi connectivity index (χ0) is 5.70. The largest absolute Gasteiger partial charge is 0.327 e. The SMILES string of the molecule is CCCC(N)CBr. The number of hydrogen-bond donors (Lipinski definition) is 1. The summed E-state index contributed by atoms with van der Waals surface area (Å²) in [5.74, 6) is 0. The summed E-state index contributed by atoms with van der Waals surface area (Å²) in [6, 6.07) is 0.366. The Labute approximate surface area is 53.4 Å². The Morgan fingerprint density at radius 2 is 2.29 bits per heavy atom. The quantitative estimate of drug-likeness (QED) is 0.631. The third-order valence-electron chi connectivity index (χ3n) is 0.858. The molecule has 0 heterocycles. The van der Waals surface area contributed by atoms with E-state index in [1.807, 2.05) is 0 Å². The Bertz CT molecular complexity index is 39.1. The molecule has 1 unspecified atom stereocenters. The molecule has 0 aromatic rings. The van der Waals surface area contributed by atoms with Crippen molar-refractivity contribution in [2.45, 2.75) is 25.8 Å². The maximum absolute atomic E-state index is 5.54. The first kappa shape index (κ1) is 7.44. The van der Waals surface area contributed by atoms with Crippen molar-refractivity contribution >= 4 is 15.9 Å². The molecule has 0 aromatic carbocycles. The average Bonchev–Trinajstić information content (AvgIpc) is 1.68. The minimum Gasteiger partial charge on any atom is -0.327 e. The molecule has 2 heteroatoms. The van der Waals surface area contributed by atoms with E-state index in [4.69, 9.17) is 5.73 Å². The van der Waals surface area contributed by atoms with Gasteiger partial charge in [0.2, 0.25) is 0 Å². The third-order valence-corrected chi connectivity index (χ3v) is 1.69. The van der Waals surface area contributed by atoms with Crippen LogP contribution in [0.15, 0.2) is 0 Å². The molecular formula is C5H12BrN. The van der Waals surface area contributed by atoms with E-state index in [-0.39, 0.29) is 0 Å². The van der Waals surface area contributed by atoms with Crippen LogP contribution in [-0.4, -0.2) is 11.4 Å². The molecule has 7 heavy (non-hydrogen) atoms. The number of halogens is 1. The van der Waals surface area contributed by atoms with E-state index in [1.165, 1.54) is 6.42 Å². The Kier molecular flexibility index (Phi) is 4.88. The van der Waals surface area contributed by atoms with E-state index in [2.05, 4.69) is 22.9 Å². The van der Waals surface area contributed by atoms with E-state index >= 15 is 0 Å². The second-order valence-corrected chi connectivity index (χ2v) is 2.35. The minimum atomic E-state index is 0.366. The molecule has 0 aliphatic carbocycles. The summed E-state index contributed by atoms with van der Waals surface area (Å²) in [5.41, 5.74) is 5.54. The van der Waals surface area contributed by atoms with Gasteiger partial charge in [-0.15, -0.1) is 0 Å². The van der Waals surface area contributed by atoms with Gasteiger partial charge in [0.25, 0.3) is 0 Å². The van der Waals surface area contributed by atoms with Gasteiger partial charge in [0, 0.05) is 11.4 Å². The van der Waals surface area contributed by atoms with E-state index in [9.17, 15) is 0 Å². The molecule has 0 saturated carbocycles. The van der Waals surface area contributed by atoms with E-state index in [0.29, 0.717) is 6.04 Å². The Morgan fingerprint density at radius 3 is 2.43 bits per heavy atom. The highest BCUT2D eigenvalue weighted by atomic mass is 79.9. The highest BCUT2D eigenvalue weighted by Crippen LogP contribution is 1.95. The summed E-state index contributed by atoms with van der Waals surface area (Å²) in [7, 11) is 0. The number of hydrogen-bond acceptors (Lipinski definition) is 1. The van der Waals surface area contributed by atoms with Crippen LogP contribution in [-0.2, 0) is 0 Å². The van der Waals surface area contributed by atoms with E-state index in [0.717, 1.165) is 11.8 Å². The molecule has 0 fully saturated rings. The van der Waals surface area contributed by atoms with Crippen LogP contribution in [0.25, 0.3) is 0 Å². The number of nitrogens with two attached hydrogens (primary N) is 1. The van der Waals surface area contributed by atoms with Gasteiger partial charge in [-0.3, -0.25) is 0 Å². The van der Waals surface area contributed by atoms with Gasteiger partial charge in [-0.2, -0.15) is 0 Å². The predicted molar refractivity (Wildman–Crippen MR) is 36.7 cm³/mol. The molecule has 0 bridgehead atoms. The zero-order valence-corrected chi connectivity index (χ0v) is 6.24. The molecule has 44 valence electrons. The van der Waals surface area contributed by atoms with Crippen molar-refractivity contribution in [1.82, 2.24) is 0 Å². The van der Waals surface area contributed by atoms with Gasteiger partial charge < -0.3 is 5.73 Å². The van der Waals surface area contributed by atoms with Crippen LogP contribution >= 0.6 is 15.9 Å². The molecule has 0 aromatic heterocycles. The summed E-state index contributed by atoms with van der Waals surface area (Å²) in [5, 5.41) is 0.931. The van der Waals surface area contributed by atoms with Crippen LogP contribution in [0.4, 0.5) is 0 Å². The molecule has 0 amide bonds. The van der Waals surface area contributed by atoms with E-state index < -0.39 is 0 Å². The second-order valence-electron chi connectivity index (χ2n) is 1.70. The smallest absolute Gasteiger partial charge is 0.0183 e. The monoisotopic (exact) mass is 165 g/mol. The fourth-order valence-electron chi connectivity index (χ4n) is 0.448. The average molecular weight is 166 g/mol. The molecule has 1 atom stereocenters. The molecule has 0 aliphatic rings. The van der Waals surface area contributed by atoms with Crippen LogP contribution in [0.3, 0.4) is 0 Å². The Hall–Kier alpha value is 0.440. The molecule has 0 spiro atoms. The van der Waals surface area contributed by atoms with Gasteiger partial charge >= 0.3 is 0 Å². The first-order valence-electron chi connectivity index (χ1n) is 2.62. The topological polar surface area (TPSA) is 26.0 Å². The lowest BCUT2D eigenvalue weighted by Gasteiger charge is -2.01. The normalized spacial score (nSPS) is 14.1. The van der Waals surface area contributed by atoms with Crippen LogP contribution in [0, 0.1) is 0 Å². The molecule has 2 N–H and O–H groups in total. The van der Waals surface area contributed by atoms with Crippen molar-refractivity contribution in [3.05, 3.63) is 0 Å². The highest BCUT2D eigenvalue weighted by Gasteiger charge is 1.94. The first-order chi connectivity index (χ1) is 3.31. The molecule has 0 saturated heterocycles. The summed E-state index contributed by atoms with van der Waals surface area (Å²) in [6.07, 6.45) is 2.32. The summed E-state index contributed by atoms with van der Waals surface area (Å²) in [6.45, 7) is 2.14. The lowest BCUT2D eigenvalue weighted by molar-refractivity contribution is 0.664. The molecule has 0 radical (unpaired) electrons. The van der Waals surface area contributed by atoms with Crippen molar-refractivity contribution in [2.24, 2.45) is 5.73 Å². The van der Waals surface area contributed by atoms with Crippen molar-refractivity contribution in [3.8, 4) is 0 Å². The van der Waals surface area contributed by atoms with Crippen molar-refractivity contribution in [1.29, 1.82) is 0 Å². The van der Waals surface area contributed by atoms with Gasteiger partial charge in [-0.05, 0) is 6.42 Å². The van der Waals surface area contributed by atoms with Crippen LogP contribution in [0.2, 0.25) is 0 Å². The van der Waals surface area contributed by atoms with Gasteiger partial charge in [0.15, 0.2) is 0 Å². The van der Waals surface area contributed by atoms with Crippen molar-refractivity contribution in [3.63, 3.8) is 0 Å². The summed E-state index contributed by atoms with van der Waals surface area (Å²) < 4.78 is 0. The molecule has 1 nitrogen and oxygen atoms in total.